The number of hydrogen-bond donors (Lipinski definition) is 3. The second-order valence-electron chi connectivity index (χ2n) is 4.91. The Labute approximate surface area is 105 Å². The van der Waals surface area contributed by atoms with Crippen molar-refractivity contribution >= 4 is 11.8 Å². The maximum atomic E-state index is 11.6. The number of rotatable bonds is 3. The molecule has 2 amide bonds. The second-order valence-corrected chi connectivity index (χ2v) is 4.91. The van der Waals surface area contributed by atoms with Gasteiger partial charge in [0.25, 0.3) is 5.91 Å². The zero-order chi connectivity index (χ0) is 13.8. The molecule has 0 fully saturated rings. The summed E-state index contributed by atoms with van der Waals surface area (Å²) < 4.78 is 0. The third-order valence-electron chi connectivity index (χ3n) is 1.94. The van der Waals surface area contributed by atoms with E-state index in [2.05, 4.69) is 15.6 Å². The van der Waals surface area contributed by atoms with Gasteiger partial charge in [0, 0.05) is 11.6 Å². The molecule has 18 heavy (non-hydrogen) atoms. The average molecular weight is 251 g/mol. The number of pyridine rings is 1. The summed E-state index contributed by atoms with van der Waals surface area (Å²) in [5, 5.41) is 5.14. The lowest BCUT2D eigenvalue weighted by Crippen LogP contribution is -2.46. The highest BCUT2D eigenvalue weighted by Crippen LogP contribution is 1.97. The maximum absolute atomic E-state index is 11.6. The van der Waals surface area contributed by atoms with Gasteiger partial charge in [-0.1, -0.05) is 6.07 Å². The van der Waals surface area contributed by atoms with E-state index in [0.29, 0.717) is 0 Å². The standard InChI is InChI=1S/C12H17N3O3/c1-12(2,3)15-10(17)7-13-11(18)8-5-4-6-9(16)14-8/h4-6H,7H2,1-3H3,(H,13,18)(H,14,16)(H,15,17). The van der Waals surface area contributed by atoms with Crippen molar-refractivity contribution in [3.8, 4) is 0 Å². The molecule has 98 valence electrons. The quantitative estimate of drug-likeness (QED) is 0.707. The zero-order valence-corrected chi connectivity index (χ0v) is 10.7. The molecule has 0 atom stereocenters. The van der Waals surface area contributed by atoms with Gasteiger partial charge in [-0.05, 0) is 26.8 Å². The number of aromatic amines is 1. The minimum atomic E-state index is -0.489. The maximum Gasteiger partial charge on any atom is 0.268 e. The molecule has 0 spiro atoms. The van der Waals surface area contributed by atoms with E-state index in [0.717, 1.165) is 0 Å². The van der Waals surface area contributed by atoms with Crippen LogP contribution in [0.5, 0.6) is 0 Å². The van der Waals surface area contributed by atoms with Gasteiger partial charge in [-0.15, -0.1) is 0 Å². The first-order valence-electron chi connectivity index (χ1n) is 5.56. The van der Waals surface area contributed by atoms with Gasteiger partial charge in [-0.25, -0.2) is 0 Å². The van der Waals surface area contributed by atoms with Crippen LogP contribution in [0.3, 0.4) is 0 Å². The Hall–Kier alpha value is -2.11. The first-order chi connectivity index (χ1) is 8.28. The topological polar surface area (TPSA) is 91.1 Å². The van der Waals surface area contributed by atoms with E-state index in [1.54, 1.807) is 0 Å². The van der Waals surface area contributed by atoms with Crippen molar-refractivity contribution in [3.05, 3.63) is 34.2 Å². The van der Waals surface area contributed by atoms with Crippen LogP contribution in [0.2, 0.25) is 0 Å². The molecule has 0 aromatic carbocycles. The number of H-pyrrole nitrogens is 1. The molecular formula is C12H17N3O3. The number of amides is 2. The third-order valence-corrected chi connectivity index (χ3v) is 1.94. The van der Waals surface area contributed by atoms with Crippen LogP contribution in [0, 0.1) is 0 Å². The highest BCUT2D eigenvalue weighted by molar-refractivity contribution is 5.94. The van der Waals surface area contributed by atoms with Crippen LogP contribution in [-0.4, -0.2) is 28.9 Å². The van der Waals surface area contributed by atoms with Gasteiger partial charge >= 0.3 is 0 Å². The van der Waals surface area contributed by atoms with Crippen LogP contribution in [0.25, 0.3) is 0 Å². The van der Waals surface area contributed by atoms with Crippen molar-refractivity contribution in [3.63, 3.8) is 0 Å². The summed E-state index contributed by atoms with van der Waals surface area (Å²) in [6.45, 7) is 5.41. The van der Waals surface area contributed by atoms with Crippen LogP contribution in [0.4, 0.5) is 0 Å². The molecule has 1 heterocycles. The minimum Gasteiger partial charge on any atom is -0.350 e. The lowest BCUT2D eigenvalue weighted by Gasteiger charge is -2.20. The number of carbonyl (C=O) groups is 2. The smallest absolute Gasteiger partial charge is 0.268 e. The number of nitrogens with one attached hydrogen (secondary N) is 3. The Balaban J connectivity index is 2.52. The third kappa shape index (κ3) is 4.82. The predicted octanol–water partition coefficient (Wildman–Crippen LogP) is 0.0194. The largest absolute Gasteiger partial charge is 0.350 e. The van der Waals surface area contributed by atoms with Crippen molar-refractivity contribution in [2.45, 2.75) is 26.3 Å². The van der Waals surface area contributed by atoms with Crippen molar-refractivity contribution in [1.82, 2.24) is 15.6 Å². The van der Waals surface area contributed by atoms with Gasteiger partial charge in [-0.2, -0.15) is 0 Å². The number of carbonyl (C=O) groups excluding carboxylic acids is 2. The molecule has 6 heteroatoms. The van der Waals surface area contributed by atoms with Gasteiger partial charge in [0.1, 0.15) is 5.69 Å². The zero-order valence-electron chi connectivity index (χ0n) is 10.7. The average Bonchev–Trinajstić information content (AvgIpc) is 2.23. The Kier molecular flexibility index (Phi) is 4.25. The minimum absolute atomic E-state index is 0.131. The summed E-state index contributed by atoms with van der Waals surface area (Å²) in [6, 6.07) is 4.25. The molecule has 0 bridgehead atoms. The monoisotopic (exact) mass is 251 g/mol. The Morgan fingerprint density at radius 1 is 1.28 bits per heavy atom. The SMILES string of the molecule is CC(C)(C)NC(=O)CNC(=O)c1cccc(=O)[nH]1. The molecule has 0 saturated carbocycles. The Morgan fingerprint density at radius 3 is 2.50 bits per heavy atom. The summed E-state index contributed by atoms with van der Waals surface area (Å²) in [6.07, 6.45) is 0. The molecule has 1 aromatic rings. The molecule has 1 rings (SSSR count). The Bertz CT molecular complexity index is 500. The van der Waals surface area contributed by atoms with Crippen LogP contribution < -0.4 is 16.2 Å². The highest BCUT2D eigenvalue weighted by Gasteiger charge is 2.14. The molecular weight excluding hydrogens is 234 g/mol. The van der Waals surface area contributed by atoms with Gasteiger partial charge in [-0.3, -0.25) is 14.4 Å². The van der Waals surface area contributed by atoms with Crippen LogP contribution in [-0.2, 0) is 4.79 Å². The molecule has 6 nitrogen and oxygen atoms in total. The fraction of sp³-hybridized carbons (Fsp3) is 0.417. The highest BCUT2D eigenvalue weighted by atomic mass is 16.2. The van der Waals surface area contributed by atoms with Crippen LogP contribution in [0.15, 0.2) is 23.0 Å². The Morgan fingerprint density at radius 2 is 1.94 bits per heavy atom. The fourth-order valence-electron chi connectivity index (χ4n) is 1.30. The molecule has 0 aliphatic rings. The first kappa shape index (κ1) is 14.0. The van der Waals surface area contributed by atoms with Gasteiger partial charge in [0.2, 0.25) is 11.5 Å². The van der Waals surface area contributed by atoms with Crippen molar-refractivity contribution < 1.29 is 9.59 Å². The van der Waals surface area contributed by atoms with E-state index in [1.807, 2.05) is 20.8 Å². The predicted molar refractivity (Wildman–Crippen MR) is 67.3 cm³/mol. The van der Waals surface area contributed by atoms with E-state index >= 15 is 0 Å². The first-order valence-corrected chi connectivity index (χ1v) is 5.56. The molecule has 0 aliphatic carbocycles. The van der Waals surface area contributed by atoms with E-state index in [-0.39, 0.29) is 29.2 Å². The van der Waals surface area contributed by atoms with Gasteiger partial charge < -0.3 is 15.6 Å². The van der Waals surface area contributed by atoms with Gasteiger partial charge in [0.15, 0.2) is 0 Å². The molecule has 1 aromatic heterocycles. The lowest BCUT2D eigenvalue weighted by molar-refractivity contribution is -0.121. The molecule has 0 radical (unpaired) electrons. The van der Waals surface area contributed by atoms with Crippen molar-refractivity contribution in [2.75, 3.05) is 6.54 Å². The van der Waals surface area contributed by atoms with E-state index in [4.69, 9.17) is 0 Å². The summed E-state index contributed by atoms with van der Waals surface area (Å²) in [4.78, 5) is 36.5. The van der Waals surface area contributed by atoms with Crippen molar-refractivity contribution in [1.29, 1.82) is 0 Å². The van der Waals surface area contributed by atoms with Gasteiger partial charge in [0.05, 0.1) is 6.54 Å². The normalized spacial score (nSPS) is 10.8. The lowest BCUT2D eigenvalue weighted by atomic mass is 10.1. The summed E-state index contributed by atoms with van der Waals surface area (Å²) in [7, 11) is 0. The number of hydrogen-bond acceptors (Lipinski definition) is 3. The molecule has 3 N–H and O–H groups in total. The summed E-state index contributed by atoms with van der Waals surface area (Å²) in [5.41, 5.74) is -0.573. The molecule has 0 saturated heterocycles. The van der Waals surface area contributed by atoms with Crippen LogP contribution in [0.1, 0.15) is 31.3 Å². The van der Waals surface area contributed by atoms with Crippen molar-refractivity contribution in [2.24, 2.45) is 0 Å². The fourth-order valence-corrected chi connectivity index (χ4v) is 1.30. The molecule has 0 aliphatic heterocycles. The van der Waals surface area contributed by atoms with Crippen LogP contribution >= 0.6 is 0 Å². The van der Waals surface area contributed by atoms with E-state index < -0.39 is 5.91 Å². The number of aromatic nitrogens is 1. The second kappa shape index (κ2) is 5.48. The van der Waals surface area contributed by atoms with E-state index in [1.165, 1.54) is 18.2 Å². The van der Waals surface area contributed by atoms with E-state index in [9.17, 15) is 14.4 Å². The summed E-state index contributed by atoms with van der Waals surface area (Å²) in [5.74, 6) is -0.772. The summed E-state index contributed by atoms with van der Waals surface area (Å²) >= 11 is 0. The molecule has 0 unspecified atom stereocenters.